The first-order chi connectivity index (χ1) is 14.4. The van der Waals surface area contributed by atoms with E-state index in [1.165, 1.54) is 11.8 Å². The maximum absolute atomic E-state index is 12.3. The van der Waals surface area contributed by atoms with E-state index in [-0.39, 0.29) is 5.56 Å². The predicted octanol–water partition coefficient (Wildman–Crippen LogP) is 5.44. The van der Waals surface area contributed by atoms with Gasteiger partial charge in [-0.25, -0.2) is 4.98 Å². The first-order valence-corrected chi connectivity index (χ1v) is 11.2. The number of benzene rings is 2. The van der Waals surface area contributed by atoms with Crippen molar-refractivity contribution in [2.45, 2.75) is 31.3 Å². The van der Waals surface area contributed by atoms with Gasteiger partial charge in [0, 0.05) is 17.1 Å². The van der Waals surface area contributed by atoms with Gasteiger partial charge >= 0.3 is 0 Å². The van der Waals surface area contributed by atoms with Gasteiger partial charge in [-0.3, -0.25) is 4.79 Å². The molecule has 4 rings (SSSR count). The normalized spacial score (nSPS) is 11.5. The SMILES string of the molecule is CC(C)Cn1c(SCc2nc3ccccc3c(=O)[nH]2)nnc1-c1ccc(Cl)cc1Cl. The molecule has 9 heteroatoms. The topological polar surface area (TPSA) is 76.5 Å². The third-order valence-electron chi connectivity index (χ3n) is 4.44. The van der Waals surface area contributed by atoms with Gasteiger partial charge in [0.25, 0.3) is 5.56 Å². The van der Waals surface area contributed by atoms with Crippen LogP contribution in [0.25, 0.3) is 22.3 Å². The molecule has 2 aromatic heterocycles. The van der Waals surface area contributed by atoms with Gasteiger partial charge in [0.1, 0.15) is 5.82 Å². The molecule has 2 heterocycles. The summed E-state index contributed by atoms with van der Waals surface area (Å²) in [7, 11) is 0. The van der Waals surface area contributed by atoms with Crippen molar-refractivity contribution in [1.29, 1.82) is 0 Å². The molecule has 0 radical (unpaired) electrons. The quantitative estimate of drug-likeness (QED) is 0.388. The molecule has 0 bridgehead atoms. The second-order valence-electron chi connectivity index (χ2n) is 7.25. The summed E-state index contributed by atoms with van der Waals surface area (Å²) < 4.78 is 2.05. The van der Waals surface area contributed by atoms with Gasteiger partial charge < -0.3 is 9.55 Å². The minimum atomic E-state index is -0.145. The molecule has 4 aromatic rings. The van der Waals surface area contributed by atoms with Crippen LogP contribution in [0.3, 0.4) is 0 Å². The number of H-pyrrole nitrogens is 1. The summed E-state index contributed by atoms with van der Waals surface area (Å²) in [6.07, 6.45) is 0. The summed E-state index contributed by atoms with van der Waals surface area (Å²) in [5.41, 5.74) is 1.31. The number of aromatic nitrogens is 5. The molecule has 0 unspecified atom stereocenters. The zero-order valence-corrected chi connectivity index (χ0v) is 18.7. The van der Waals surface area contributed by atoms with Crippen molar-refractivity contribution in [1.82, 2.24) is 24.7 Å². The molecule has 30 heavy (non-hydrogen) atoms. The predicted molar refractivity (Wildman–Crippen MR) is 122 cm³/mol. The van der Waals surface area contributed by atoms with Gasteiger partial charge in [0.15, 0.2) is 11.0 Å². The van der Waals surface area contributed by atoms with Crippen LogP contribution in [-0.2, 0) is 12.3 Å². The highest BCUT2D eigenvalue weighted by atomic mass is 35.5. The lowest BCUT2D eigenvalue weighted by Crippen LogP contribution is -2.11. The molecule has 0 aliphatic heterocycles. The number of nitrogens with one attached hydrogen (secondary N) is 1. The third kappa shape index (κ3) is 4.38. The minimum Gasteiger partial charge on any atom is -0.309 e. The molecule has 6 nitrogen and oxygen atoms in total. The van der Waals surface area contributed by atoms with E-state index in [0.29, 0.717) is 44.3 Å². The number of nitrogens with zero attached hydrogens (tertiary/aromatic N) is 4. The monoisotopic (exact) mass is 459 g/mol. The van der Waals surface area contributed by atoms with Gasteiger partial charge in [0.2, 0.25) is 0 Å². The Kier molecular flexibility index (Phi) is 6.13. The van der Waals surface area contributed by atoms with Crippen LogP contribution in [0.15, 0.2) is 52.4 Å². The van der Waals surface area contributed by atoms with E-state index in [0.717, 1.165) is 17.3 Å². The lowest BCUT2D eigenvalue weighted by atomic mass is 10.2. The van der Waals surface area contributed by atoms with E-state index >= 15 is 0 Å². The summed E-state index contributed by atoms with van der Waals surface area (Å²) in [5.74, 6) is 2.12. The average molecular weight is 460 g/mol. The Morgan fingerprint density at radius 1 is 1.13 bits per heavy atom. The van der Waals surface area contributed by atoms with Crippen molar-refractivity contribution in [2.75, 3.05) is 0 Å². The first kappa shape index (κ1) is 20.9. The second kappa shape index (κ2) is 8.79. The van der Waals surface area contributed by atoms with Gasteiger partial charge in [0.05, 0.1) is 21.7 Å². The molecule has 0 atom stereocenters. The first-order valence-electron chi connectivity index (χ1n) is 9.41. The van der Waals surface area contributed by atoms with E-state index in [1.54, 1.807) is 18.2 Å². The Bertz CT molecular complexity index is 1270. The summed E-state index contributed by atoms with van der Waals surface area (Å²) in [6, 6.07) is 12.6. The van der Waals surface area contributed by atoms with Gasteiger partial charge in [-0.05, 0) is 36.2 Å². The molecule has 154 valence electrons. The molecule has 0 aliphatic rings. The van der Waals surface area contributed by atoms with Crippen LogP contribution in [0, 0.1) is 5.92 Å². The summed E-state index contributed by atoms with van der Waals surface area (Å²) in [6.45, 7) is 4.99. The summed E-state index contributed by atoms with van der Waals surface area (Å²) >= 11 is 13.9. The fraction of sp³-hybridized carbons (Fsp3) is 0.238. The third-order valence-corrected chi connectivity index (χ3v) is 5.96. The highest BCUT2D eigenvalue weighted by Crippen LogP contribution is 2.32. The highest BCUT2D eigenvalue weighted by molar-refractivity contribution is 7.98. The number of halogens is 2. The van der Waals surface area contributed by atoms with Crippen LogP contribution in [0.2, 0.25) is 10.0 Å². The molecule has 2 aromatic carbocycles. The Balaban J connectivity index is 1.66. The summed E-state index contributed by atoms with van der Waals surface area (Å²) in [5, 5.41) is 11.2. The molecular weight excluding hydrogens is 441 g/mol. The van der Waals surface area contributed by atoms with Crippen molar-refractivity contribution < 1.29 is 0 Å². The van der Waals surface area contributed by atoms with E-state index in [4.69, 9.17) is 23.2 Å². The van der Waals surface area contributed by atoms with Crippen molar-refractivity contribution in [3.8, 4) is 11.4 Å². The second-order valence-corrected chi connectivity index (χ2v) is 9.04. The van der Waals surface area contributed by atoms with Crippen LogP contribution in [-0.4, -0.2) is 24.7 Å². The average Bonchev–Trinajstić information content (AvgIpc) is 3.08. The molecule has 0 saturated heterocycles. The number of hydrogen-bond donors (Lipinski definition) is 1. The molecule has 0 fully saturated rings. The molecule has 0 amide bonds. The van der Waals surface area contributed by atoms with Crippen molar-refractivity contribution >= 4 is 45.9 Å². The number of para-hydroxylation sites is 1. The van der Waals surface area contributed by atoms with Gasteiger partial charge in [-0.1, -0.05) is 60.9 Å². The Labute approximate surface area is 187 Å². The largest absolute Gasteiger partial charge is 0.309 e. The number of aromatic amines is 1. The molecule has 0 saturated carbocycles. The van der Waals surface area contributed by atoms with E-state index < -0.39 is 0 Å². The van der Waals surface area contributed by atoms with Crippen LogP contribution >= 0.6 is 35.0 Å². The molecule has 0 aliphatic carbocycles. The van der Waals surface area contributed by atoms with Crippen molar-refractivity contribution in [3.05, 3.63) is 68.7 Å². The zero-order valence-electron chi connectivity index (χ0n) is 16.4. The maximum Gasteiger partial charge on any atom is 0.258 e. The highest BCUT2D eigenvalue weighted by Gasteiger charge is 2.18. The van der Waals surface area contributed by atoms with E-state index in [9.17, 15) is 4.79 Å². The number of fused-ring (bicyclic) bond motifs is 1. The number of hydrogen-bond acceptors (Lipinski definition) is 5. The standard InChI is InChI=1S/C21H19Cl2N5OS/c1-12(2)10-28-19(14-8-7-13(22)9-16(14)23)26-27-21(28)30-11-18-24-17-6-4-3-5-15(17)20(29)25-18/h3-9,12H,10-11H2,1-2H3,(H,24,25,29). The lowest BCUT2D eigenvalue weighted by molar-refractivity contribution is 0.498. The van der Waals surface area contributed by atoms with Crippen LogP contribution < -0.4 is 5.56 Å². The number of thioether (sulfide) groups is 1. The number of rotatable bonds is 6. The van der Waals surface area contributed by atoms with E-state index in [2.05, 4.69) is 34.0 Å². The fourth-order valence-corrected chi connectivity index (χ4v) is 4.44. The Morgan fingerprint density at radius 3 is 2.70 bits per heavy atom. The van der Waals surface area contributed by atoms with Crippen LogP contribution in [0.5, 0.6) is 0 Å². The fourth-order valence-electron chi connectivity index (χ4n) is 3.13. The Hall–Kier alpha value is -2.35. The smallest absolute Gasteiger partial charge is 0.258 e. The molecular formula is C21H19Cl2N5OS. The van der Waals surface area contributed by atoms with Crippen LogP contribution in [0.4, 0.5) is 0 Å². The lowest BCUT2D eigenvalue weighted by Gasteiger charge is -2.13. The Morgan fingerprint density at radius 2 is 1.93 bits per heavy atom. The zero-order chi connectivity index (χ0) is 21.3. The van der Waals surface area contributed by atoms with Gasteiger partial charge in [-0.15, -0.1) is 10.2 Å². The van der Waals surface area contributed by atoms with Gasteiger partial charge in [-0.2, -0.15) is 0 Å². The van der Waals surface area contributed by atoms with Crippen molar-refractivity contribution in [2.24, 2.45) is 5.92 Å². The summed E-state index contributed by atoms with van der Waals surface area (Å²) in [4.78, 5) is 19.7. The van der Waals surface area contributed by atoms with Crippen LogP contribution in [0.1, 0.15) is 19.7 Å². The minimum absolute atomic E-state index is 0.145. The maximum atomic E-state index is 12.3. The molecule has 1 N–H and O–H groups in total. The van der Waals surface area contributed by atoms with Crippen molar-refractivity contribution in [3.63, 3.8) is 0 Å². The molecule has 0 spiro atoms. The van der Waals surface area contributed by atoms with E-state index in [1.807, 2.05) is 28.8 Å².